The summed E-state index contributed by atoms with van der Waals surface area (Å²) in [5.74, 6) is 0.937. The Morgan fingerprint density at radius 2 is 1.93 bits per heavy atom. The predicted molar refractivity (Wildman–Crippen MR) is 104 cm³/mol. The van der Waals surface area contributed by atoms with Gasteiger partial charge in [0.1, 0.15) is 5.82 Å². The Bertz CT molecular complexity index is 931. The van der Waals surface area contributed by atoms with Gasteiger partial charge >= 0.3 is 0 Å². The highest BCUT2D eigenvalue weighted by atomic mass is 16.5. The third kappa shape index (κ3) is 3.52. The first kappa shape index (κ1) is 16.6. The van der Waals surface area contributed by atoms with Gasteiger partial charge in [-0.1, -0.05) is 12.1 Å². The fraction of sp³-hybridized carbons (Fsp3) is 0.450. The number of hydrogen-bond donors (Lipinski definition) is 0. The maximum absolute atomic E-state index is 5.55. The first-order chi connectivity index (χ1) is 13.3. The van der Waals surface area contributed by atoms with Gasteiger partial charge in [-0.25, -0.2) is 4.98 Å². The van der Waals surface area contributed by atoms with Gasteiger partial charge in [0.2, 0.25) is 0 Å². The van der Waals surface area contributed by atoms with Gasteiger partial charge < -0.3 is 9.64 Å². The minimum absolute atomic E-state index is 0.821. The molecule has 4 heterocycles. The van der Waals surface area contributed by atoms with Crippen LogP contribution in [0.15, 0.2) is 36.5 Å². The molecule has 1 aromatic carbocycles. The molecule has 2 aliphatic rings. The van der Waals surface area contributed by atoms with Crippen molar-refractivity contribution < 1.29 is 4.74 Å². The van der Waals surface area contributed by atoms with Crippen LogP contribution in [0.4, 0.5) is 5.82 Å². The van der Waals surface area contributed by atoms with E-state index < -0.39 is 0 Å². The van der Waals surface area contributed by atoms with Crippen LogP contribution in [0.25, 0.3) is 11.0 Å². The van der Waals surface area contributed by atoms with Crippen molar-refractivity contribution in [2.45, 2.75) is 26.1 Å². The third-order valence-electron chi connectivity index (χ3n) is 5.31. The molecule has 0 aliphatic carbocycles. The number of anilines is 1. The van der Waals surface area contributed by atoms with E-state index >= 15 is 0 Å². The van der Waals surface area contributed by atoms with Gasteiger partial charge in [0.25, 0.3) is 0 Å². The highest BCUT2D eigenvalue weighted by Gasteiger charge is 2.21. The maximum Gasteiger partial charge on any atom is 0.148 e. The quantitative estimate of drug-likeness (QED) is 0.709. The molecule has 0 unspecified atom stereocenters. The average Bonchev–Trinajstić information content (AvgIpc) is 2.93. The Morgan fingerprint density at radius 1 is 1.00 bits per heavy atom. The second-order valence-corrected chi connectivity index (χ2v) is 7.23. The number of ether oxygens (including phenoxy) is 1. The lowest BCUT2D eigenvalue weighted by molar-refractivity contribution is 0.140. The molecule has 7 heteroatoms. The summed E-state index contributed by atoms with van der Waals surface area (Å²) in [7, 11) is 0. The standard InChI is InChI=1S/C20H24N6O/c1-2-5-19-18(4-1)21-13-20(22-19)25-7-8-26-17(15-25)12-16(23-26)14-24-6-3-10-27-11-9-24/h1-2,4-5,12-13H,3,6-11,14-15H2. The first-order valence-corrected chi connectivity index (χ1v) is 9.68. The summed E-state index contributed by atoms with van der Waals surface area (Å²) < 4.78 is 7.70. The lowest BCUT2D eigenvalue weighted by Gasteiger charge is -2.28. The Morgan fingerprint density at radius 3 is 2.89 bits per heavy atom. The van der Waals surface area contributed by atoms with Crippen molar-refractivity contribution in [3.8, 4) is 0 Å². The Kier molecular flexibility index (Phi) is 4.47. The molecule has 3 aromatic rings. The highest BCUT2D eigenvalue weighted by Crippen LogP contribution is 2.21. The summed E-state index contributed by atoms with van der Waals surface area (Å²) >= 11 is 0. The van der Waals surface area contributed by atoms with Gasteiger partial charge in [0, 0.05) is 32.8 Å². The smallest absolute Gasteiger partial charge is 0.148 e. The van der Waals surface area contributed by atoms with Crippen molar-refractivity contribution >= 4 is 16.9 Å². The first-order valence-electron chi connectivity index (χ1n) is 9.68. The summed E-state index contributed by atoms with van der Waals surface area (Å²) in [6.45, 7) is 7.27. The fourth-order valence-electron chi connectivity index (χ4n) is 3.88. The lowest BCUT2D eigenvalue weighted by atomic mass is 10.2. The van der Waals surface area contributed by atoms with Crippen molar-refractivity contribution in [1.82, 2.24) is 24.6 Å². The van der Waals surface area contributed by atoms with Gasteiger partial charge in [-0.2, -0.15) is 5.10 Å². The molecular weight excluding hydrogens is 340 g/mol. The van der Waals surface area contributed by atoms with E-state index in [1.54, 1.807) is 0 Å². The predicted octanol–water partition coefficient (Wildman–Crippen LogP) is 2.07. The maximum atomic E-state index is 5.55. The van der Waals surface area contributed by atoms with Gasteiger partial charge in [0.05, 0.1) is 48.3 Å². The molecule has 2 aliphatic heterocycles. The molecule has 1 saturated heterocycles. The van der Waals surface area contributed by atoms with E-state index in [-0.39, 0.29) is 0 Å². The number of fused-ring (bicyclic) bond motifs is 2. The Balaban J connectivity index is 1.32. The number of nitrogens with zero attached hydrogens (tertiary/aromatic N) is 6. The monoisotopic (exact) mass is 364 g/mol. The van der Waals surface area contributed by atoms with Gasteiger partial charge in [-0.15, -0.1) is 0 Å². The Hall–Kier alpha value is -2.51. The van der Waals surface area contributed by atoms with E-state index in [1.807, 2.05) is 30.5 Å². The van der Waals surface area contributed by atoms with Crippen LogP contribution in [0.5, 0.6) is 0 Å². The van der Waals surface area contributed by atoms with Crippen LogP contribution in [0.2, 0.25) is 0 Å². The van der Waals surface area contributed by atoms with Crippen LogP contribution in [0.1, 0.15) is 17.8 Å². The molecule has 27 heavy (non-hydrogen) atoms. The molecule has 0 amide bonds. The van der Waals surface area contributed by atoms with Gasteiger partial charge in [-0.3, -0.25) is 14.6 Å². The molecule has 5 rings (SSSR count). The molecular formula is C20H24N6O. The molecule has 0 bridgehead atoms. The number of aromatic nitrogens is 4. The average molecular weight is 364 g/mol. The third-order valence-corrected chi connectivity index (χ3v) is 5.31. The summed E-state index contributed by atoms with van der Waals surface area (Å²) in [6.07, 6.45) is 2.98. The molecule has 0 atom stereocenters. The van der Waals surface area contributed by atoms with Crippen LogP contribution < -0.4 is 4.90 Å². The zero-order valence-electron chi connectivity index (χ0n) is 15.4. The van der Waals surface area contributed by atoms with Crippen LogP contribution in [0, 0.1) is 0 Å². The summed E-state index contributed by atoms with van der Waals surface area (Å²) in [5.41, 5.74) is 4.28. The second kappa shape index (κ2) is 7.25. The van der Waals surface area contributed by atoms with E-state index in [4.69, 9.17) is 14.8 Å². The zero-order valence-corrected chi connectivity index (χ0v) is 15.4. The van der Waals surface area contributed by atoms with Crippen molar-refractivity contribution in [2.75, 3.05) is 37.7 Å². The molecule has 0 N–H and O–H groups in total. The second-order valence-electron chi connectivity index (χ2n) is 7.23. The van der Waals surface area contributed by atoms with E-state index in [2.05, 4.69) is 25.5 Å². The zero-order chi connectivity index (χ0) is 18.1. The van der Waals surface area contributed by atoms with Crippen LogP contribution >= 0.6 is 0 Å². The van der Waals surface area contributed by atoms with E-state index in [0.29, 0.717) is 0 Å². The minimum atomic E-state index is 0.821. The molecule has 0 spiro atoms. The molecule has 0 saturated carbocycles. The molecule has 140 valence electrons. The molecule has 7 nitrogen and oxygen atoms in total. The normalized spacial score (nSPS) is 18.4. The number of hydrogen-bond acceptors (Lipinski definition) is 6. The largest absolute Gasteiger partial charge is 0.380 e. The van der Waals surface area contributed by atoms with Crippen molar-refractivity contribution in [1.29, 1.82) is 0 Å². The lowest BCUT2D eigenvalue weighted by Crippen LogP contribution is -2.34. The fourth-order valence-corrected chi connectivity index (χ4v) is 3.88. The van der Waals surface area contributed by atoms with E-state index in [9.17, 15) is 0 Å². The summed E-state index contributed by atoms with van der Waals surface area (Å²) in [5, 5.41) is 4.83. The van der Waals surface area contributed by atoms with Crippen molar-refractivity contribution in [2.24, 2.45) is 0 Å². The van der Waals surface area contributed by atoms with Crippen LogP contribution in [-0.4, -0.2) is 57.5 Å². The van der Waals surface area contributed by atoms with Gasteiger partial charge in [-0.05, 0) is 24.6 Å². The van der Waals surface area contributed by atoms with E-state index in [1.165, 1.54) is 5.69 Å². The number of benzene rings is 1. The topological polar surface area (TPSA) is 59.3 Å². The minimum Gasteiger partial charge on any atom is -0.380 e. The van der Waals surface area contributed by atoms with Crippen molar-refractivity contribution in [3.63, 3.8) is 0 Å². The van der Waals surface area contributed by atoms with Crippen LogP contribution in [-0.2, 0) is 24.4 Å². The number of para-hydroxylation sites is 2. The number of rotatable bonds is 3. The molecule has 1 fully saturated rings. The summed E-state index contributed by atoms with van der Waals surface area (Å²) in [6, 6.07) is 10.3. The SMILES string of the molecule is c1ccc2nc(N3CCn4nc(CN5CCCOCC5)cc4C3)cnc2c1. The molecule has 0 radical (unpaired) electrons. The van der Waals surface area contributed by atoms with Crippen molar-refractivity contribution in [3.05, 3.63) is 47.9 Å². The van der Waals surface area contributed by atoms with E-state index in [0.717, 1.165) is 81.4 Å². The Labute approximate surface area is 158 Å². The van der Waals surface area contributed by atoms with Gasteiger partial charge in [0.15, 0.2) is 0 Å². The summed E-state index contributed by atoms with van der Waals surface area (Å²) in [4.78, 5) is 14.1. The van der Waals surface area contributed by atoms with Crippen LogP contribution in [0.3, 0.4) is 0 Å². The molecule has 2 aromatic heterocycles. The highest BCUT2D eigenvalue weighted by molar-refractivity contribution is 5.75.